The van der Waals surface area contributed by atoms with Crippen LogP contribution in [0.5, 0.6) is 5.75 Å². The van der Waals surface area contributed by atoms with Gasteiger partial charge in [0.15, 0.2) is 0 Å². The minimum atomic E-state index is -3.96. The number of aryl methyl sites for hydroxylation is 1. The van der Waals surface area contributed by atoms with Crippen molar-refractivity contribution < 1.29 is 17.3 Å². The number of hydrogen-bond acceptors (Lipinski definition) is 4. The van der Waals surface area contributed by atoms with Gasteiger partial charge in [0.1, 0.15) is 18.5 Å². The molecule has 1 atom stereocenters. The first-order valence-electron chi connectivity index (χ1n) is 10.2. The van der Waals surface area contributed by atoms with Gasteiger partial charge in [-0.05, 0) is 49.2 Å². The first-order valence-corrected chi connectivity index (χ1v) is 12.4. The molecule has 0 aliphatic heterocycles. The van der Waals surface area contributed by atoms with Crippen LogP contribution in [0.25, 0.3) is 11.1 Å². The van der Waals surface area contributed by atoms with Crippen LogP contribution in [0.15, 0.2) is 90.9 Å². The van der Waals surface area contributed by atoms with Crippen molar-refractivity contribution in [2.24, 2.45) is 0 Å². The molecule has 0 fully saturated rings. The first-order chi connectivity index (χ1) is 15.8. The van der Waals surface area contributed by atoms with Gasteiger partial charge in [-0.1, -0.05) is 77.8 Å². The molecular weight excluding hydrogens is 479 g/mol. The van der Waals surface area contributed by atoms with E-state index in [2.05, 4.69) is 13.2 Å². The third-order valence-electron chi connectivity index (χ3n) is 4.92. The summed E-state index contributed by atoms with van der Waals surface area (Å²) in [7, 11) is -3.96. The molecule has 0 bridgehead atoms. The molecule has 0 heterocycles. The van der Waals surface area contributed by atoms with Crippen LogP contribution >= 0.6 is 23.2 Å². The highest BCUT2D eigenvalue weighted by Gasteiger charge is 2.22. The topological polar surface area (TPSA) is 52.6 Å². The van der Waals surface area contributed by atoms with E-state index in [-0.39, 0.29) is 11.5 Å². The fourth-order valence-corrected chi connectivity index (χ4v) is 4.74. The minimum absolute atomic E-state index is 0.0755. The van der Waals surface area contributed by atoms with Crippen LogP contribution in [0.3, 0.4) is 0 Å². The summed E-state index contributed by atoms with van der Waals surface area (Å²) in [6, 6.07) is 17.3. The number of rotatable bonds is 10. The van der Waals surface area contributed by atoms with Crippen LogP contribution in [0, 0.1) is 6.92 Å². The standard InChI is InChI=1S/C26H24Cl2O4S/c1-4-8-19-9-6-10-22(25-23(27)11-7-12-24(25)28)26(19)32-20(5-2)17-31-33(29,30)21-15-13-18(3)14-16-21/h4-7,9-16,20H,1-2,8,17H2,3H3/t20-/m1/s1. The molecular formula is C26H24Cl2O4S. The molecule has 7 heteroatoms. The minimum Gasteiger partial charge on any atom is -0.483 e. The maximum atomic E-state index is 12.6. The summed E-state index contributed by atoms with van der Waals surface area (Å²) in [5.41, 5.74) is 3.09. The van der Waals surface area contributed by atoms with Gasteiger partial charge in [-0.3, -0.25) is 4.18 Å². The van der Waals surface area contributed by atoms with E-state index in [9.17, 15) is 8.42 Å². The summed E-state index contributed by atoms with van der Waals surface area (Å²) in [4.78, 5) is 0.0755. The van der Waals surface area contributed by atoms with Gasteiger partial charge in [0.05, 0.1) is 14.9 Å². The zero-order valence-electron chi connectivity index (χ0n) is 18.1. The van der Waals surface area contributed by atoms with Crippen LogP contribution in [0.1, 0.15) is 11.1 Å². The molecule has 0 saturated heterocycles. The summed E-state index contributed by atoms with van der Waals surface area (Å²) in [6.45, 7) is 9.22. The molecule has 3 rings (SSSR count). The molecule has 3 aromatic carbocycles. The van der Waals surface area contributed by atoms with Gasteiger partial charge in [-0.25, -0.2) is 0 Å². The Balaban J connectivity index is 1.92. The molecule has 0 unspecified atom stereocenters. The van der Waals surface area contributed by atoms with E-state index < -0.39 is 16.2 Å². The quantitative estimate of drug-likeness (QED) is 0.220. The summed E-state index contributed by atoms with van der Waals surface area (Å²) >= 11 is 12.9. The van der Waals surface area contributed by atoms with Crippen LogP contribution in [-0.4, -0.2) is 21.1 Å². The number of halogens is 2. The predicted molar refractivity (Wildman–Crippen MR) is 135 cm³/mol. The molecule has 172 valence electrons. The largest absolute Gasteiger partial charge is 0.483 e. The normalized spacial score (nSPS) is 12.2. The zero-order valence-corrected chi connectivity index (χ0v) is 20.5. The van der Waals surface area contributed by atoms with Gasteiger partial charge in [0, 0.05) is 11.1 Å². The van der Waals surface area contributed by atoms with Crippen LogP contribution < -0.4 is 4.74 Å². The number of hydrogen-bond donors (Lipinski definition) is 0. The van der Waals surface area contributed by atoms with Gasteiger partial charge < -0.3 is 4.74 Å². The van der Waals surface area contributed by atoms with E-state index >= 15 is 0 Å². The molecule has 33 heavy (non-hydrogen) atoms. The van der Waals surface area contributed by atoms with Crippen molar-refractivity contribution in [1.82, 2.24) is 0 Å². The molecule has 0 aromatic heterocycles. The zero-order chi connectivity index (χ0) is 24.0. The Morgan fingerprint density at radius 2 is 1.61 bits per heavy atom. The maximum absolute atomic E-state index is 12.6. The number of benzene rings is 3. The van der Waals surface area contributed by atoms with E-state index in [0.717, 1.165) is 11.1 Å². The molecule has 0 aliphatic carbocycles. The summed E-state index contributed by atoms with van der Waals surface area (Å²) in [5.74, 6) is 0.508. The van der Waals surface area contributed by atoms with Crippen molar-refractivity contribution >= 4 is 33.3 Å². The Kier molecular flexibility index (Phi) is 8.38. The van der Waals surface area contributed by atoms with Gasteiger partial charge >= 0.3 is 0 Å². The number of allylic oxidation sites excluding steroid dienone is 1. The fraction of sp³-hybridized carbons (Fsp3) is 0.154. The third-order valence-corrected chi connectivity index (χ3v) is 6.85. The lowest BCUT2D eigenvalue weighted by molar-refractivity contribution is 0.167. The smallest absolute Gasteiger partial charge is 0.297 e. The van der Waals surface area contributed by atoms with Crippen molar-refractivity contribution in [2.45, 2.75) is 24.3 Å². The van der Waals surface area contributed by atoms with E-state index in [4.69, 9.17) is 32.1 Å². The Morgan fingerprint density at radius 3 is 2.21 bits per heavy atom. The van der Waals surface area contributed by atoms with Crippen molar-refractivity contribution in [2.75, 3.05) is 6.61 Å². The third kappa shape index (κ3) is 6.06. The Hall–Kier alpha value is -2.57. The molecule has 0 N–H and O–H groups in total. The Bertz CT molecular complexity index is 1230. The highest BCUT2D eigenvalue weighted by molar-refractivity contribution is 7.86. The number of para-hydroxylation sites is 1. The van der Waals surface area contributed by atoms with Crippen LogP contribution in [0.2, 0.25) is 10.0 Å². The lowest BCUT2D eigenvalue weighted by Crippen LogP contribution is -2.23. The van der Waals surface area contributed by atoms with Crippen molar-refractivity contribution in [3.8, 4) is 16.9 Å². The summed E-state index contributed by atoms with van der Waals surface area (Å²) in [6.07, 6.45) is 3.02. The molecule has 0 spiro atoms. The van der Waals surface area contributed by atoms with E-state index in [1.807, 2.05) is 25.1 Å². The molecule has 4 nitrogen and oxygen atoms in total. The Labute approximate surface area is 205 Å². The fourth-order valence-electron chi connectivity index (χ4n) is 3.22. The summed E-state index contributed by atoms with van der Waals surface area (Å²) in [5, 5.41) is 0.938. The second-order valence-corrected chi connectivity index (χ2v) is 9.76. The monoisotopic (exact) mass is 502 g/mol. The first kappa shape index (κ1) is 25.1. The van der Waals surface area contributed by atoms with Gasteiger partial charge in [-0.15, -0.1) is 6.58 Å². The second-order valence-electron chi connectivity index (χ2n) is 7.33. The SMILES string of the molecule is C=CCc1cccc(-c2c(Cl)cccc2Cl)c1O[C@H](C=C)COS(=O)(=O)c1ccc(C)cc1. The maximum Gasteiger partial charge on any atom is 0.297 e. The average molecular weight is 503 g/mol. The van der Waals surface area contributed by atoms with Crippen LogP contribution in [-0.2, 0) is 20.7 Å². The van der Waals surface area contributed by atoms with Crippen molar-refractivity contribution in [3.05, 3.63) is 107 Å². The lowest BCUT2D eigenvalue weighted by Gasteiger charge is -2.21. The average Bonchev–Trinajstić information content (AvgIpc) is 2.78. The van der Waals surface area contributed by atoms with Gasteiger partial charge in [0.25, 0.3) is 10.1 Å². The predicted octanol–water partition coefficient (Wildman–Crippen LogP) is 7.04. The summed E-state index contributed by atoms with van der Waals surface area (Å²) < 4.78 is 36.7. The van der Waals surface area contributed by atoms with E-state index in [1.165, 1.54) is 18.2 Å². The highest BCUT2D eigenvalue weighted by Crippen LogP contribution is 2.42. The van der Waals surface area contributed by atoms with E-state index in [1.54, 1.807) is 36.4 Å². The van der Waals surface area contributed by atoms with Gasteiger partial charge in [-0.2, -0.15) is 8.42 Å². The second kappa shape index (κ2) is 11.0. The van der Waals surface area contributed by atoms with Crippen molar-refractivity contribution in [1.29, 1.82) is 0 Å². The number of ether oxygens (including phenoxy) is 1. The molecule has 0 radical (unpaired) electrons. The van der Waals surface area contributed by atoms with Gasteiger partial charge in [0.2, 0.25) is 0 Å². The van der Waals surface area contributed by atoms with Crippen LogP contribution in [0.4, 0.5) is 0 Å². The highest BCUT2D eigenvalue weighted by atomic mass is 35.5. The molecule has 0 aliphatic rings. The molecule has 3 aromatic rings. The Morgan fingerprint density at radius 1 is 0.970 bits per heavy atom. The molecule has 0 amide bonds. The lowest BCUT2D eigenvalue weighted by atomic mass is 9.99. The van der Waals surface area contributed by atoms with E-state index in [0.29, 0.717) is 33.3 Å². The van der Waals surface area contributed by atoms with Crippen molar-refractivity contribution in [3.63, 3.8) is 0 Å². The molecule has 0 saturated carbocycles.